The van der Waals surface area contributed by atoms with E-state index in [1.165, 1.54) is 89.4 Å². The van der Waals surface area contributed by atoms with Crippen LogP contribution in [0.2, 0.25) is 11.6 Å². The van der Waals surface area contributed by atoms with Crippen molar-refractivity contribution in [2.75, 3.05) is 9.80 Å². The maximum atomic E-state index is 2.58. The van der Waals surface area contributed by atoms with E-state index in [-0.39, 0.29) is 53.1 Å². The van der Waals surface area contributed by atoms with Gasteiger partial charge in [-0.3, -0.25) is 0 Å². The van der Waals surface area contributed by atoms with Crippen molar-refractivity contribution in [1.29, 1.82) is 0 Å². The summed E-state index contributed by atoms with van der Waals surface area (Å²) in [7, 11) is 0. The number of allylic oxidation sites excluding steroid dienone is 8. The molecular weight excluding hydrogens is 854 g/mol. The van der Waals surface area contributed by atoms with E-state index in [2.05, 4.69) is 280 Å². The van der Waals surface area contributed by atoms with E-state index in [4.69, 9.17) is 0 Å². The van der Waals surface area contributed by atoms with Crippen LogP contribution in [0.1, 0.15) is 61.1 Å². The van der Waals surface area contributed by atoms with Gasteiger partial charge in [0.25, 0.3) is 0 Å². The quantitative estimate of drug-likeness (QED) is 0.162. The average Bonchev–Trinajstić information content (AvgIpc) is 3.42. The van der Waals surface area contributed by atoms with Crippen molar-refractivity contribution in [3.8, 4) is 0 Å². The molecule has 4 heterocycles. The van der Waals surface area contributed by atoms with Gasteiger partial charge in [-0.05, 0) is 105 Å². The molecule has 2 nitrogen and oxygen atoms in total. The van der Waals surface area contributed by atoms with Gasteiger partial charge in [-0.25, -0.2) is 0 Å². The highest BCUT2D eigenvalue weighted by atomic mass is 15.2. The summed E-state index contributed by atoms with van der Waals surface area (Å²) < 4.78 is 0. The molecule has 0 saturated heterocycles. The lowest BCUT2D eigenvalue weighted by atomic mass is 9.19. The Kier molecular flexibility index (Phi) is 9.38. The van der Waals surface area contributed by atoms with Gasteiger partial charge in [0.15, 0.2) is 0 Å². The van der Waals surface area contributed by atoms with Crippen LogP contribution in [0.3, 0.4) is 0 Å². The highest BCUT2D eigenvalue weighted by molar-refractivity contribution is 6.88. The van der Waals surface area contributed by atoms with Gasteiger partial charge in [0.05, 0.1) is 22.7 Å². The third-order valence-corrected chi connectivity index (χ3v) is 18.0. The zero-order valence-corrected chi connectivity index (χ0v) is 41.0. The van der Waals surface area contributed by atoms with E-state index >= 15 is 0 Å². The van der Waals surface area contributed by atoms with Gasteiger partial charge >= 0.3 is 0 Å². The van der Waals surface area contributed by atoms with E-state index in [1.807, 2.05) is 0 Å². The Hall–Kier alpha value is -7.55. The Balaban J connectivity index is 0.884. The lowest BCUT2D eigenvalue weighted by Gasteiger charge is -2.59. The third-order valence-electron chi connectivity index (χ3n) is 18.0. The molecule has 4 heteroatoms. The van der Waals surface area contributed by atoms with Crippen molar-refractivity contribution in [2.45, 2.75) is 55.6 Å². The molecular formula is C67H56B2N2. The van der Waals surface area contributed by atoms with Crippen molar-refractivity contribution >= 4 is 69.4 Å². The molecule has 0 amide bonds. The third kappa shape index (κ3) is 5.91. The molecule has 4 unspecified atom stereocenters. The molecule has 2 aliphatic carbocycles. The Morgan fingerprint density at radius 1 is 0.324 bits per heavy atom. The lowest BCUT2D eigenvalue weighted by molar-refractivity contribution is 0.281. The number of nitrogens with zero attached hydrogens (tertiary/aromatic N) is 2. The maximum Gasteiger partial charge on any atom is 0.217 e. The van der Waals surface area contributed by atoms with Crippen molar-refractivity contribution in [2.24, 2.45) is 11.8 Å². The van der Waals surface area contributed by atoms with Crippen LogP contribution in [0.4, 0.5) is 34.1 Å². The van der Waals surface area contributed by atoms with Crippen LogP contribution < -0.4 is 31.7 Å². The monoisotopic (exact) mass is 910 g/mol. The molecule has 14 rings (SSSR count). The van der Waals surface area contributed by atoms with E-state index < -0.39 is 0 Å². The first-order valence-corrected chi connectivity index (χ1v) is 25.8. The van der Waals surface area contributed by atoms with Crippen LogP contribution in [0.25, 0.3) is 0 Å². The van der Waals surface area contributed by atoms with Crippen LogP contribution in [0.5, 0.6) is 0 Å². The van der Waals surface area contributed by atoms with E-state index in [1.54, 1.807) is 0 Å². The topological polar surface area (TPSA) is 6.48 Å². The van der Waals surface area contributed by atoms with Crippen LogP contribution in [-0.2, 0) is 16.2 Å². The van der Waals surface area contributed by atoms with Gasteiger partial charge in [0, 0.05) is 27.6 Å². The van der Waals surface area contributed by atoms with Crippen molar-refractivity contribution < 1.29 is 0 Å². The first-order valence-electron chi connectivity index (χ1n) is 25.8. The summed E-state index contributed by atoms with van der Waals surface area (Å²) in [6.07, 6.45) is 19.6. The van der Waals surface area contributed by atoms with Gasteiger partial charge in [0.2, 0.25) is 13.4 Å². The summed E-state index contributed by atoms with van der Waals surface area (Å²) in [5.74, 6) is 0.961. The van der Waals surface area contributed by atoms with Crippen LogP contribution in [-0.4, -0.2) is 13.4 Å². The minimum atomic E-state index is -0.292. The van der Waals surface area contributed by atoms with Crippen molar-refractivity contribution in [3.05, 3.63) is 276 Å². The van der Waals surface area contributed by atoms with Gasteiger partial charge in [-0.1, -0.05) is 244 Å². The molecule has 0 radical (unpaired) electrons. The molecule has 340 valence electrons. The maximum absolute atomic E-state index is 2.58. The Morgan fingerprint density at radius 3 is 0.972 bits per heavy atom. The molecule has 71 heavy (non-hydrogen) atoms. The van der Waals surface area contributed by atoms with Crippen LogP contribution in [0, 0.1) is 11.8 Å². The molecule has 4 aliphatic heterocycles. The molecule has 0 fully saturated rings. The predicted molar refractivity (Wildman–Crippen MR) is 301 cm³/mol. The minimum absolute atomic E-state index is 0.0995. The van der Waals surface area contributed by atoms with Crippen molar-refractivity contribution in [3.63, 3.8) is 0 Å². The number of anilines is 6. The predicted octanol–water partition coefficient (Wildman–Crippen LogP) is 13.7. The summed E-state index contributed by atoms with van der Waals surface area (Å²) in [4.78, 5) is 4.96. The molecule has 8 aromatic carbocycles. The lowest BCUT2D eigenvalue weighted by Crippen LogP contribution is -2.67. The molecule has 1 spiro atoms. The fourth-order valence-corrected chi connectivity index (χ4v) is 14.9. The molecule has 0 bridgehead atoms. The van der Waals surface area contributed by atoms with Gasteiger partial charge < -0.3 is 9.80 Å². The molecule has 0 saturated carbocycles. The van der Waals surface area contributed by atoms with Gasteiger partial charge in [-0.2, -0.15) is 0 Å². The zero-order chi connectivity index (χ0) is 47.6. The fraction of sp³-hybridized carbons (Fsp3) is 0.164. The Bertz CT molecular complexity index is 3220. The summed E-state index contributed by atoms with van der Waals surface area (Å²) in [5.41, 5.74) is 20.9. The summed E-state index contributed by atoms with van der Waals surface area (Å²) >= 11 is 0. The van der Waals surface area contributed by atoms with E-state index in [9.17, 15) is 0 Å². The fourth-order valence-electron chi connectivity index (χ4n) is 14.9. The normalized spacial score (nSPS) is 23.2. The number of hydrogen-bond donors (Lipinski definition) is 0. The molecule has 8 aromatic rings. The number of benzene rings is 8. The van der Waals surface area contributed by atoms with Crippen molar-refractivity contribution in [1.82, 2.24) is 0 Å². The van der Waals surface area contributed by atoms with Crippen LogP contribution >= 0.6 is 0 Å². The molecule has 6 aliphatic rings. The van der Waals surface area contributed by atoms with E-state index in [0.29, 0.717) is 0 Å². The first kappa shape index (κ1) is 42.3. The minimum Gasteiger partial charge on any atom is -0.310 e. The standard InChI is InChI=1S/C67H56B2N2/c1-65(2)53-25-9-17-33-61(53)70(62-34-18-10-26-54(62)65)47-41-37-45(38-42-47)68-57-29-13-5-21-49(57)67(50-22-6-14-30-58(50)68)51-23-7-15-31-59(51)69(60-32-16-8-24-52(60)67)46-39-43-48(44-40-46)71-63-35-19-11-27-55(63)66(3,4)56-28-12-20-36-64(56)71/h5-44,49,51,57,59H,1-4H3. The summed E-state index contributed by atoms with van der Waals surface area (Å²) in [5, 5.41) is 0. The number of rotatable bonds is 4. The Morgan fingerprint density at radius 2 is 0.620 bits per heavy atom. The summed E-state index contributed by atoms with van der Waals surface area (Å²) in [6.45, 7) is 9.82. The summed E-state index contributed by atoms with van der Waals surface area (Å²) in [6, 6.07) is 74.2. The van der Waals surface area contributed by atoms with Gasteiger partial charge in [-0.15, -0.1) is 0 Å². The Labute approximate surface area is 420 Å². The number of hydrogen-bond acceptors (Lipinski definition) is 2. The molecule has 4 atom stereocenters. The second-order valence-electron chi connectivity index (χ2n) is 21.9. The average molecular weight is 911 g/mol. The van der Waals surface area contributed by atoms with Crippen LogP contribution in [0.15, 0.2) is 243 Å². The smallest absolute Gasteiger partial charge is 0.217 e. The SMILES string of the molecule is CC1(C)c2ccccc2N(c2ccc(B3c4ccccc4C4(c5ccccc5B(c5ccc(N6c7ccccc7C(C)(C)c7ccccc76)cc5)C5C=CC=CC54)C4C=CC=CC34)cc2)c2ccccc21. The first-order chi connectivity index (χ1) is 34.8. The van der Waals surface area contributed by atoms with Gasteiger partial charge in [0.1, 0.15) is 0 Å². The van der Waals surface area contributed by atoms with E-state index in [0.717, 1.165) is 0 Å². The molecule has 0 aromatic heterocycles. The highest BCUT2D eigenvalue weighted by Gasteiger charge is 2.62. The highest BCUT2D eigenvalue weighted by Crippen LogP contribution is 2.61. The second kappa shape index (κ2) is 15.7. The second-order valence-corrected chi connectivity index (χ2v) is 21.9. The number of fused-ring (bicyclic) bond motifs is 12. The zero-order valence-electron chi connectivity index (χ0n) is 41.0. The largest absolute Gasteiger partial charge is 0.310 e. The number of para-hydroxylation sites is 4. The molecule has 0 N–H and O–H groups in total.